The lowest BCUT2D eigenvalue weighted by Gasteiger charge is -2.17. The number of likely N-dealkylation sites (N-methyl/N-ethyl adjacent to an activating group) is 1. The van der Waals surface area contributed by atoms with Crippen LogP contribution in [0.2, 0.25) is 0 Å². The second-order valence-corrected chi connectivity index (χ2v) is 6.28. The molecule has 6 nitrogen and oxygen atoms in total. The van der Waals surface area contributed by atoms with Crippen molar-refractivity contribution in [1.29, 1.82) is 0 Å². The Morgan fingerprint density at radius 1 is 1.44 bits per heavy atom. The first kappa shape index (κ1) is 15.3. The molecule has 0 aliphatic rings. The van der Waals surface area contributed by atoms with Crippen molar-refractivity contribution in [1.82, 2.24) is 4.90 Å². The Labute approximate surface area is 96.3 Å². The van der Waals surface area contributed by atoms with Gasteiger partial charge in [0.05, 0.1) is 17.6 Å². The van der Waals surface area contributed by atoms with Crippen molar-refractivity contribution in [3.05, 3.63) is 0 Å². The summed E-state index contributed by atoms with van der Waals surface area (Å²) in [6.07, 6.45) is -0.624. The smallest absolute Gasteiger partial charge is 0.218 e. The quantitative estimate of drug-likeness (QED) is 0.552. The van der Waals surface area contributed by atoms with E-state index >= 15 is 0 Å². The highest BCUT2D eigenvalue weighted by Crippen LogP contribution is 1.96. The molecule has 0 bridgehead atoms. The van der Waals surface area contributed by atoms with E-state index in [1.807, 2.05) is 0 Å². The van der Waals surface area contributed by atoms with E-state index in [9.17, 15) is 13.2 Å². The third-order valence-corrected chi connectivity index (χ3v) is 3.65. The van der Waals surface area contributed by atoms with Crippen LogP contribution in [-0.2, 0) is 14.6 Å². The lowest BCUT2D eigenvalue weighted by atomic mass is 10.4. The minimum absolute atomic E-state index is 0.0243. The van der Waals surface area contributed by atoms with Crippen LogP contribution in [0.3, 0.4) is 0 Å². The van der Waals surface area contributed by atoms with Gasteiger partial charge >= 0.3 is 0 Å². The molecule has 0 heterocycles. The molecule has 0 aromatic heterocycles. The molecule has 0 rings (SSSR count). The van der Waals surface area contributed by atoms with E-state index in [1.54, 1.807) is 18.9 Å². The van der Waals surface area contributed by atoms with Crippen molar-refractivity contribution in [3.63, 3.8) is 0 Å². The first-order valence-electron chi connectivity index (χ1n) is 5.08. The average molecular weight is 252 g/mol. The summed E-state index contributed by atoms with van der Waals surface area (Å²) < 4.78 is 22.9. The van der Waals surface area contributed by atoms with Crippen molar-refractivity contribution < 1.29 is 18.3 Å². The molecule has 0 fully saturated rings. The molecular weight excluding hydrogens is 232 g/mol. The maximum absolute atomic E-state index is 11.4. The Hall–Kier alpha value is -0.660. The topological polar surface area (TPSA) is 101 Å². The Morgan fingerprint density at radius 3 is 2.44 bits per heavy atom. The van der Waals surface area contributed by atoms with Gasteiger partial charge in [-0.25, -0.2) is 8.42 Å². The van der Waals surface area contributed by atoms with E-state index in [0.717, 1.165) is 0 Å². The van der Waals surface area contributed by atoms with Crippen LogP contribution in [0.15, 0.2) is 0 Å². The number of aliphatic hydroxyl groups excluding tert-OH is 1. The Kier molecular flexibility index (Phi) is 6.54. The van der Waals surface area contributed by atoms with E-state index in [4.69, 9.17) is 10.8 Å². The largest absolute Gasteiger partial charge is 0.392 e. The molecule has 1 amide bonds. The van der Waals surface area contributed by atoms with Gasteiger partial charge in [0.25, 0.3) is 0 Å². The number of carbonyl (C=O) groups is 1. The molecule has 16 heavy (non-hydrogen) atoms. The van der Waals surface area contributed by atoms with Crippen molar-refractivity contribution >= 4 is 15.7 Å². The first-order chi connectivity index (χ1) is 7.23. The van der Waals surface area contributed by atoms with Crippen molar-refractivity contribution in [2.24, 2.45) is 5.73 Å². The highest BCUT2D eigenvalue weighted by Gasteiger charge is 2.14. The molecule has 0 aliphatic carbocycles. The highest BCUT2D eigenvalue weighted by atomic mass is 32.2. The van der Waals surface area contributed by atoms with Crippen molar-refractivity contribution in [3.8, 4) is 0 Å². The SMILES string of the molecule is CC(O)CN(C)CCS(=O)(=O)CCC(N)=O. The molecule has 1 atom stereocenters. The molecule has 96 valence electrons. The molecule has 0 aromatic rings. The predicted molar refractivity (Wildman–Crippen MR) is 61.6 cm³/mol. The highest BCUT2D eigenvalue weighted by molar-refractivity contribution is 7.91. The van der Waals surface area contributed by atoms with Crippen LogP contribution < -0.4 is 5.73 Å². The zero-order valence-electron chi connectivity index (χ0n) is 9.72. The molecule has 0 saturated carbocycles. The lowest BCUT2D eigenvalue weighted by Crippen LogP contribution is -2.32. The minimum atomic E-state index is -3.23. The maximum Gasteiger partial charge on any atom is 0.218 e. The lowest BCUT2D eigenvalue weighted by molar-refractivity contribution is -0.117. The van der Waals surface area contributed by atoms with E-state index in [2.05, 4.69) is 0 Å². The average Bonchev–Trinajstić information content (AvgIpc) is 2.11. The number of primary amides is 1. The summed E-state index contributed by atoms with van der Waals surface area (Å²) in [5.41, 5.74) is 4.87. The summed E-state index contributed by atoms with van der Waals surface area (Å²) in [7, 11) is -1.50. The second kappa shape index (κ2) is 6.82. The summed E-state index contributed by atoms with van der Waals surface area (Å²) in [4.78, 5) is 12.2. The number of carbonyl (C=O) groups excluding carboxylic acids is 1. The summed E-state index contributed by atoms with van der Waals surface area (Å²) in [6, 6.07) is 0. The summed E-state index contributed by atoms with van der Waals surface area (Å²) in [5, 5.41) is 9.08. The minimum Gasteiger partial charge on any atom is -0.392 e. The van der Waals surface area contributed by atoms with E-state index in [0.29, 0.717) is 13.1 Å². The number of nitrogens with zero attached hydrogens (tertiary/aromatic N) is 1. The molecule has 0 saturated heterocycles. The van der Waals surface area contributed by atoms with Gasteiger partial charge in [-0.1, -0.05) is 0 Å². The van der Waals surface area contributed by atoms with Crippen molar-refractivity contribution in [2.45, 2.75) is 19.4 Å². The first-order valence-corrected chi connectivity index (χ1v) is 6.90. The van der Waals surface area contributed by atoms with Crippen LogP contribution in [0.25, 0.3) is 0 Å². The van der Waals surface area contributed by atoms with E-state index in [-0.39, 0.29) is 17.9 Å². The van der Waals surface area contributed by atoms with E-state index in [1.165, 1.54) is 0 Å². The molecule has 3 N–H and O–H groups in total. The fourth-order valence-corrected chi connectivity index (χ4v) is 2.50. The van der Waals surface area contributed by atoms with Gasteiger partial charge in [0.15, 0.2) is 9.84 Å². The molecule has 0 aliphatic heterocycles. The molecule has 0 aromatic carbocycles. The zero-order chi connectivity index (χ0) is 12.8. The number of amides is 1. The number of hydrogen-bond donors (Lipinski definition) is 2. The molecule has 1 unspecified atom stereocenters. The Bertz CT molecular complexity index is 313. The molecule has 0 spiro atoms. The van der Waals surface area contributed by atoms with Crippen LogP contribution in [0.5, 0.6) is 0 Å². The normalized spacial score (nSPS) is 14.0. The number of nitrogens with two attached hydrogens (primary N) is 1. The third-order valence-electron chi connectivity index (χ3n) is 2.02. The van der Waals surface area contributed by atoms with Crippen LogP contribution >= 0.6 is 0 Å². The molecular formula is C9H20N2O4S. The zero-order valence-corrected chi connectivity index (χ0v) is 10.5. The molecule has 0 radical (unpaired) electrons. The predicted octanol–water partition coefficient (Wildman–Crippen LogP) is -1.41. The van der Waals surface area contributed by atoms with Crippen molar-refractivity contribution in [2.75, 3.05) is 31.6 Å². The van der Waals surface area contributed by atoms with Crippen LogP contribution in [0, 0.1) is 0 Å². The van der Waals surface area contributed by atoms with Gasteiger partial charge in [0, 0.05) is 19.5 Å². The number of aliphatic hydroxyl groups is 1. The standard InChI is InChI=1S/C9H20N2O4S/c1-8(12)7-11(2)4-6-16(14,15)5-3-9(10)13/h8,12H,3-7H2,1-2H3,(H2,10,13). The summed E-state index contributed by atoms with van der Waals surface area (Å²) in [6.45, 7) is 2.40. The van der Waals surface area contributed by atoms with Crippen LogP contribution in [0.4, 0.5) is 0 Å². The van der Waals surface area contributed by atoms with Crippen LogP contribution in [0.1, 0.15) is 13.3 Å². The summed E-state index contributed by atoms with van der Waals surface area (Å²) in [5.74, 6) is -0.838. The Morgan fingerprint density at radius 2 is 2.00 bits per heavy atom. The van der Waals surface area contributed by atoms with Gasteiger partial charge in [0.2, 0.25) is 5.91 Å². The Balaban J connectivity index is 3.94. The second-order valence-electron chi connectivity index (χ2n) is 3.98. The number of hydrogen-bond acceptors (Lipinski definition) is 5. The van der Waals surface area contributed by atoms with Gasteiger partial charge in [0.1, 0.15) is 0 Å². The molecule has 7 heteroatoms. The number of sulfone groups is 1. The van der Waals surface area contributed by atoms with E-state index < -0.39 is 21.8 Å². The number of rotatable bonds is 8. The maximum atomic E-state index is 11.4. The fraction of sp³-hybridized carbons (Fsp3) is 0.889. The van der Waals surface area contributed by atoms with Gasteiger partial charge in [-0.3, -0.25) is 4.79 Å². The summed E-state index contributed by atoms with van der Waals surface area (Å²) >= 11 is 0. The van der Waals surface area contributed by atoms with Gasteiger partial charge < -0.3 is 15.7 Å². The monoisotopic (exact) mass is 252 g/mol. The fourth-order valence-electron chi connectivity index (χ4n) is 1.20. The third kappa shape index (κ3) is 8.63. The van der Waals surface area contributed by atoms with Gasteiger partial charge in [-0.2, -0.15) is 0 Å². The van der Waals surface area contributed by atoms with Gasteiger partial charge in [-0.05, 0) is 14.0 Å². The van der Waals surface area contributed by atoms with Crippen LogP contribution in [-0.4, -0.2) is 62.1 Å². The van der Waals surface area contributed by atoms with Gasteiger partial charge in [-0.15, -0.1) is 0 Å².